The summed E-state index contributed by atoms with van der Waals surface area (Å²) in [6.45, 7) is 1.86. The summed E-state index contributed by atoms with van der Waals surface area (Å²) in [6.07, 6.45) is 0.915. The molecule has 1 amide bonds. The molecule has 1 aromatic carbocycles. The second-order valence-electron chi connectivity index (χ2n) is 4.76. The summed E-state index contributed by atoms with van der Waals surface area (Å²) in [5.41, 5.74) is 2.67. The van der Waals surface area contributed by atoms with Gasteiger partial charge in [0.1, 0.15) is 0 Å². The number of rotatable bonds is 5. The number of anilines is 1. The van der Waals surface area contributed by atoms with Gasteiger partial charge in [-0.05, 0) is 30.7 Å². The molecule has 3 N–H and O–H groups in total. The molecule has 19 heavy (non-hydrogen) atoms. The number of carboxylic acids is 1. The van der Waals surface area contributed by atoms with E-state index >= 15 is 0 Å². The van der Waals surface area contributed by atoms with Crippen molar-refractivity contribution in [1.29, 1.82) is 0 Å². The Labute approximate surface area is 112 Å². The number of fused-ring (bicyclic) bond motifs is 1. The van der Waals surface area contributed by atoms with Gasteiger partial charge in [0, 0.05) is 11.7 Å². The first-order chi connectivity index (χ1) is 9.06. The van der Waals surface area contributed by atoms with Gasteiger partial charge in [0.2, 0.25) is 5.91 Å². The molecule has 102 valence electrons. The zero-order valence-corrected chi connectivity index (χ0v) is 11.1. The average Bonchev–Trinajstić information content (AvgIpc) is 2.74. The summed E-state index contributed by atoms with van der Waals surface area (Å²) in [4.78, 5) is 22.6. The molecular formula is C14H18N2O3. The van der Waals surface area contributed by atoms with Crippen LogP contribution in [0.2, 0.25) is 0 Å². The molecule has 2 rings (SSSR count). The third kappa shape index (κ3) is 2.61. The van der Waals surface area contributed by atoms with Gasteiger partial charge >= 0.3 is 5.97 Å². The summed E-state index contributed by atoms with van der Waals surface area (Å²) in [6, 6.07) is 5.38. The minimum Gasteiger partial charge on any atom is -0.481 e. The van der Waals surface area contributed by atoms with E-state index in [0.29, 0.717) is 12.8 Å². The standard InChI is InChI=1S/C14H18N2O3/c1-3-10(14(18)19)13(15-2)8-4-5-11-9(6-8)7-12(17)16-11/h4-6,10,13,15H,3,7H2,1-2H3,(H,16,17)(H,18,19). The van der Waals surface area contributed by atoms with Crippen molar-refractivity contribution < 1.29 is 14.7 Å². The SMILES string of the molecule is CCC(C(=O)O)C(NC)c1ccc2c(c1)CC(=O)N2. The molecule has 1 aliphatic rings. The average molecular weight is 262 g/mol. The van der Waals surface area contributed by atoms with Crippen molar-refractivity contribution in [2.24, 2.45) is 5.92 Å². The lowest BCUT2D eigenvalue weighted by atomic mass is 9.90. The highest BCUT2D eigenvalue weighted by molar-refractivity contribution is 5.99. The van der Waals surface area contributed by atoms with Crippen LogP contribution < -0.4 is 10.6 Å². The lowest BCUT2D eigenvalue weighted by Gasteiger charge is -2.23. The van der Waals surface area contributed by atoms with E-state index in [2.05, 4.69) is 10.6 Å². The van der Waals surface area contributed by atoms with Crippen LogP contribution in [-0.4, -0.2) is 24.0 Å². The number of amides is 1. The van der Waals surface area contributed by atoms with Crippen LogP contribution in [0, 0.1) is 5.92 Å². The highest BCUT2D eigenvalue weighted by Gasteiger charge is 2.28. The molecule has 0 fully saturated rings. The second kappa shape index (κ2) is 5.40. The molecule has 0 spiro atoms. The Morgan fingerprint density at radius 3 is 2.84 bits per heavy atom. The highest BCUT2D eigenvalue weighted by atomic mass is 16.4. The minimum atomic E-state index is -0.809. The van der Waals surface area contributed by atoms with Gasteiger partial charge in [-0.3, -0.25) is 9.59 Å². The van der Waals surface area contributed by atoms with Crippen LogP contribution in [0.5, 0.6) is 0 Å². The smallest absolute Gasteiger partial charge is 0.308 e. The molecule has 2 unspecified atom stereocenters. The number of nitrogens with one attached hydrogen (secondary N) is 2. The Morgan fingerprint density at radius 1 is 1.53 bits per heavy atom. The van der Waals surface area contributed by atoms with Crippen LogP contribution >= 0.6 is 0 Å². The molecule has 0 saturated heterocycles. The number of aliphatic carboxylic acids is 1. The first kappa shape index (κ1) is 13.5. The van der Waals surface area contributed by atoms with Crippen LogP contribution in [0.1, 0.15) is 30.5 Å². The van der Waals surface area contributed by atoms with E-state index in [4.69, 9.17) is 0 Å². The Balaban J connectivity index is 2.32. The van der Waals surface area contributed by atoms with Crippen LogP contribution in [0.4, 0.5) is 5.69 Å². The molecule has 0 aromatic heterocycles. The maximum atomic E-state index is 11.3. The first-order valence-corrected chi connectivity index (χ1v) is 6.39. The van der Waals surface area contributed by atoms with Crippen molar-refractivity contribution in [3.05, 3.63) is 29.3 Å². The van der Waals surface area contributed by atoms with Crippen molar-refractivity contribution in [1.82, 2.24) is 5.32 Å². The lowest BCUT2D eigenvalue weighted by molar-refractivity contribution is -0.143. The Bertz CT molecular complexity index is 513. The van der Waals surface area contributed by atoms with Gasteiger partial charge in [0.15, 0.2) is 0 Å². The van der Waals surface area contributed by atoms with Gasteiger partial charge in [0.25, 0.3) is 0 Å². The van der Waals surface area contributed by atoms with Gasteiger partial charge in [-0.15, -0.1) is 0 Å². The summed E-state index contributed by atoms with van der Waals surface area (Å²) >= 11 is 0. The highest BCUT2D eigenvalue weighted by Crippen LogP contribution is 2.30. The van der Waals surface area contributed by atoms with E-state index in [1.807, 2.05) is 25.1 Å². The number of carboxylic acid groups (broad SMARTS) is 1. The van der Waals surface area contributed by atoms with Crippen LogP contribution in [0.15, 0.2) is 18.2 Å². The van der Waals surface area contributed by atoms with E-state index in [1.54, 1.807) is 7.05 Å². The zero-order valence-electron chi connectivity index (χ0n) is 11.1. The van der Waals surface area contributed by atoms with Gasteiger partial charge in [-0.1, -0.05) is 19.1 Å². The summed E-state index contributed by atoms with van der Waals surface area (Å²) in [5, 5.41) is 15.1. The van der Waals surface area contributed by atoms with Gasteiger partial charge in [0.05, 0.1) is 12.3 Å². The largest absolute Gasteiger partial charge is 0.481 e. The molecule has 1 heterocycles. The third-order valence-corrected chi connectivity index (χ3v) is 3.58. The van der Waals surface area contributed by atoms with Gasteiger partial charge < -0.3 is 15.7 Å². The molecule has 0 bridgehead atoms. The molecule has 1 aromatic rings. The van der Waals surface area contributed by atoms with E-state index < -0.39 is 11.9 Å². The molecule has 5 nitrogen and oxygen atoms in total. The number of carbonyl (C=O) groups excluding carboxylic acids is 1. The molecule has 0 aliphatic carbocycles. The minimum absolute atomic E-state index is 0.0153. The second-order valence-corrected chi connectivity index (χ2v) is 4.76. The first-order valence-electron chi connectivity index (χ1n) is 6.39. The van der Waals surface area contributed by atoms with E-state index in [-0.39, 0.29) is 11.9 Å². The van der Waals surface area contributed by atoms with Crippen molar-refractivity contribution >= 4 is 17.6 Å². The maximum absolute atomic E-state index is 11.3. The van der Waals surface area contributed by atoms with E-state index in [0.717, 1.165) is 16.8 Å². The van der Waals surface area contributed by atoms with Crippen LogP contribution in [0.25, 0.3) is 0 Å². The fourth-order valence-electron chi connectivity index (χ4n) is 2.60. The molecular weight excluding hydrogens is 244 g/mol. The zero-order chi connectivity index (χ0) is 14.0. The van der Waals surface area contributed by atoms with Gasteiger partial charge in [-0.25, -0.2) is 0 Å². The van der Waals surface area contributed by atoms with Gasteiger partial charge in [-0.2, -0.15) is 0 Å². The fraction of sp³-hybridized carbons (Fsp3) is 0.429. The molecule has 5 heteroatoms. The van der Waals surface area contributed by atoms with E-state index in [1.165, 1.54) is 0 Å². The summed E-state index contributed by atoms with van der Waals surface area (Å²) in [5.74, 6) is -1.30. The normalized spacial score (nSPS) is 16.6. The van der Waals surface area contributed by atoms with E-state index in [9.17, 15) is 14.7 Å². The number of hydrogen-bond acceptors (Lipinski definition) is 3. The molecule has 1 aliphatic heterocycles. The Kier molecular flexibility index (Phi) is 3.85. The number of benzene rings is 1. The topological polar surface area (TPSA) is 78.4 Å². The summed E-state index contributed by atoms with van der Waals surface area (Å²) < 4.78 is 0. The predicted octanol–water partition coefficient (Wildman–Crippen LogP) is 1.55. The van der Waals surface area contributed by atoms with Crippen molar-refractivity contribution in [3.8, 4) is 0 Å². The Hall–Kier alpha value is -1.88. The third-order valence-electron chi connectivity index (χ3n) is 3.58. The lowest BCUT2D eigenvalue weighted by Crippen LogP contribution is -2.30. The molecule has 2 atom stereocenters. The maximum Gasteiger partial charge on any atom is 0.308 e. The quantitative estimate of drug-likeness (QED) is 0.752. The summed E-state index contributed by atoms with van der Waals surface area (Å²) in [7, 11) is 1.76. The van der Waals surface area contributed by atoms with Crippen molar-refractivity contribution in [2.75, 3.05) is 12.4 Å². The van der Waals surface area contributed by atoms with Crippen molar-refractivity contribution in [2.45, 2.75) is 25.8 Å². The number of carbonyl (C=O) groups is 2. The monoisotopic (exact) mass is 262 g/mol. The fourth-order valence-corrected chi connectivity index (χ4v) is 2.60. The van der Waals surface area contributed by atoms with Crippen LogP contribution in [0.3, 0.4) is 0 Å². The number of hydrogen-bond donors (Lipinski definition) is 3. The Morgan fingerprint density at radius 2 is 2.26 bits per heavy atom. The van der Waals surface area contributed by atoms with Crippen molar-refractivity contribution in [3.63, 3.8) is 0 Å². The van der Waals surface area contributed by atoms with Crippen LogP contribution in [-0.2, 0) is 16.0 Å². The molecule has 0 saturated carbocycles. The molecule has 0 radical (unpaired) electrons. The predicted molar refractivity (Wildman–Crippen MR) is 72.0 cm³/mol.